The summed E-state index contributed by atoms with van der Waals surface area (Å²) in [4.78, 5) is 12.6. The van der Waals surface area contributed by atoms with E-state index in [1.54, 1.807) is 14.2 Å². The van der Waals surface area contributed by atoms with Gasteiger partial charge in [0.05, 0.1) is 26.9 Å². The summed E-state index contributed by atoms with van der Waals surface area (Å²) in [6.07, 6.45) is 0.247. The van der Waals surface area contributed by atoms with E-state index >= 15 is 0 Å². The van der Waals surface area contributed by atoms with E-state index in [1.807, 2.05) is 83.8 Å². The van der Waals surface area contributed by atoms with Crippen LogP contribution in [0.3, 0.4) is 0 Å². The van der Waals surface area contributed by atoms with Gasteiger partial charge in [0, 0.05) is 25.6 Å². The van der Waals surface area contributed by atoms with Crippen molar-refractivity contribution in [2.75, 3.05) is 33.9 Å². The average Bonchev–Trinajstić information content (AvgIpc) is 3.42. The summed E-state index contributed by atoms with van der Waals surface area (Å²) in [5.41, 5.74) is 1.74. The first-order chi connectivity index (χ1) is 20.4. The second kappa shape index (κ2) is 15.0. The van der Waals surface area contributed by atoms with E-state index in [0.29, 0.717) is 39.1 Å². The zero-order valence-corrected chi connectivity index (χ0v) is 24.3. The van der Waals surface area contributed by atoms with Gasteiger partial charge in [-0.3, -0.25) is 4.90 Å². The maximum atomic E-state index is 11.6. The molecular formula is C33H42N2O7. The Morgan fingerprint density at radius 3 is 2.14 bits per heavy atom. The summed E-state index contributed by atoms with van der Waals surface area (Å²) in [6.45, 7) is 1.42. The highest BCUT2D eigenvalue weighted by molar-refractivity contribution is 5.64. The number of nitrogens with one attached hydrogen (secondary N) is 1. The minimum Gasteiger partial charge on any atom is -0.497 e. The van der Waals surface area contributed by atoms with E-state index in [0.717, 1.165) is 41.0 Å². The van der Waals surface area contributed by atoms with Gasteiger partial charge in [-0.15, -0.1) is 0 Å². The van der Waals surface area contributed by atoms with Crippen molar-refractivity contribution in [3.63, 3.8) is 0 Å². The standard InChI is InChI=1S/C33H42N2O7/c1-40-27-16-12-24(13-17-27)23-42-33(25-9-5-3-6-10-25,26-14-18-28(41-2)19-15-26)29-21-35(22-30(29)36)31(37)11-7-4-8-20-34-32(38)39/h3,5-6,9-10,12-19,29-31,34,36-37H,4,7-8,11,20-23H2,1-2H3,(H,38,39). The Kier molecular flexibility index (Phi) is 11.2. The van der Waals surface area contributed by atoms with Gasteiger partial charge in [-0.1, -0.05) is 61.0 Å². The van der Waals surface area contributed by atoms with Crippen LogP contribution < -0.4 is 14.8 Å². The van der Waals surface area contributed by atoms with Gasteiger partial charge >= 0.3 is 6.09 Å². The molecule has 0 spiro atoms. The molecule has 3 aromatic carbocycles. The molecule has 3 aromatic rings. The van der Waals surface area contributed by atoms with Gasteiger partial charge in [0.25, 0.3) is 0 Å². The van der Waals surface area contributed by atoms with E-state index in [1.165, 1.54) is 0 Å². The highest BCUT2D eigenvalue weighted by Crippen LogP contribution is 2.46. The molecule has 4 atom stereocenters. The predicted octanol–water partition coefficient (Wildman–Crippen LogP) is 4.60. The maximum absolute atomic E-state index is 11.6. The van der Waals surface area contributed by atoms with Gasteiger partial charge in [0.1, 0.15) is 23.3 Å². The lowest BCUT2D eigenvalue weighted by molar-refractivity contribution is -0.0956. The Morgan fingerprint density at radius 2 is 1.52 bits per heavy atom. The normalized spacial score (nSPS) is 19.1. The molecule has 42 heavy (non-hydrogen) atoms. The summed E-state index contributed by atoms with van der Waals surface area (Å²) in [7, 11) is 3.26. The third-order valence-electron chi connectivity index (χ3n) is 8.02. The average molecular weight is 579 g/mol. The maximum Gasteiger partial charge on any atom is 0.404 e. The van der Waals surface area contributed by atoms with Gasteiger partial charge in [-0.25, -0.2) is 4.79 Å². The molecule has 0 saturated carbocycles. The molecule has 1 amide bonds. The van der Waals surface area contributed by atoms with Gasteiger partial charge in [0.15, 0.2) is 0 Å². The third kappa shape index (κ3) is 7.60. The number of unbranched alkanes of at least 4 members (excludes halogenated alkanes) is 2. The lowest BCUT2D eigenvalue weighted by Crippen LogP contribution is -2.45. The minimum absolute atomic E-state index is 0.293. The van der Waals surface area contributed by atoms with Crippen molar-refractivity contribution in [3.05, 3.63) is 95.6 Å². The molecule has 9 heteroatoms. The summed E-state index contributed by atoms with van der Waals surface area (Å²) >= 11 is 0. The van der Waals surface area contributed by atoms with E-state index < -0.39 is 24.0 Å². The number of hydrogen-bond acceptors (Lipinski definition) is 7. The van der Waals surface area contributed by atoms with Crippen LogP contribution in [0.1, 0.15) is 42.4 Å². The first-order valence-electron chi connectivity index (χ1n) is 14.4. The largest absolute Gasteiger partial charge is 0.497 e. The number of hydrogen-bond donors (Lipinski definition) is 4. The fourth-order valence-corrected chi connectivity index (χ4v) is 5.78. The van der Waals surface area contributed by atoms with Crippen molar-refractivity contribution in [2.45, 2.75) is 50.2 Å². The monoisotopic (exact) mass is 578 g/mol. The van der Waals surface area contributed by atoms with Gasteiger partial charge in [-0.2, -0.15) is 0 Å². The van der Waals surface area contributed by atoms with Crippen molar-refractivity contribution < 1.29 is 34.3 Å². The van der Waals surface area contributed by atoms with Gasteiger partial charge < -0.3 is 34.8 Å². The molecule has 1 fully saturated rings. The smallest absolute Gasteiger partial charge is 0.404 e. The molecular weight excluding hydrogens is 536 g/mol. The molecule has 226 valence electrons. The highest BCUT2D eigenvalue weighted by atomic mass is 16.5. The van der Waals surface area contributed by atoms with Crippen LogP contribution in [0, 0.1) is 5.92 Å². The van der Waals surface area contributed by atoms with Crippen LogP contribution >= 0.6 is 0 Å². The third-order valence-corrected chi connectivity index (χ3v) is 8.02. The van der Waals surface area contributed by atoms with Crippen molar-refractivity contribution in [1.29, 1.82) is 0 Å². The Hall–Kier alpha value is -3.63. The van der Waals surface area contributed by atoms with Crippen LogP contribution in [0.25, 0.3) is 0 Å². The van der Waals surface area contributed by atoms with Crippen LogP contribution in [0.5, 0.6) is 11.5 Å². The van der Waals surface area contributed by atoms with E-state index in [2.05, 4.69) is 5.32 Å². The van der Waals surface area contributed by atoms with E-state index in [4.69, 9.17) is 19.3 Å². The minimum atomic E-state index is -1.03. The number of carbonyl (C=O) groups is 1. The summed E-state index contributed by atoms with van der Waals surface area (Å²) < 4.78 is 17.7. The van der Waals surface area contributed by atoms with Crippen LogP contribution in [-0.4, -0.2) is 72.5 Å². The number of benzene rings is 3. The summed E-state index contributed by atoms with van der Waals surface area (Å²) in [5, 5.41) is 33.8. The van der Waals surface area contributed by atoms with E-state index in [-0.39, 0.29) is 5.92 Å². The second-order valence-electron chi connectivity index (χ2n) is 10.7. The number of rotatable bonds is 15. The number of β-amino-alcohol motifs (C(OH)–C–C–N with tert-alkyl or cyclic N) is 1. The molecule has 0 aromatic heterocycles. The molecule has 1 heterocycles. The highest BCUT2D eigenvalue weighted by Gasteiger charge is 2.51. The fraction of sp³-hybridized carbons (Fsp3) is 0.424. The lowest BCUT2D eigenvalue weighted by atomic mass is 9.74. The van der Waals surface area contributed by atoms with Crippen molar-refractivity contribution in [3.8, 4) is 11.5 Å². The van der Waals surface area contributed by atoms with Crippen LogP contribution in [0.2, 0.25) is 0 Å². The molecule has 0 radical (unpaired) electrons. The molecule has 1 aliphatic rings. The number of carboxylic acid groups (broad SMARTS) is 1. The van der Waals surface area contributed by atoms with E-state index in [9.17, 15) is 15.0 Å². The number of ether oxygens (including phenoxy) is 3. The first-order valence-corrected chi connectivity index (χ1v) is 14.4. The number of amides is 1. The Balaban J connectivity index is 1.61. The number of aliphatic hydroxyl groups excluding tert-OH is 2. The number of aliphatic hydroxyl groups is 2. The molecule has 0 bridgehead atoms. The molecule has 0 aliphatic carbocycles. The molecule has 9 nitrogen and oxygen atoms in total. The molecule has 1 aliphatic heterocycles. The zero-order chi connectivity index (χ0) is 30.0. The zero-order valence-electron chi connectivity index (χ0n) is 24.3. The Bertz CT molecular complexity index is 1240. The van der Waals surface area contributed by atoms with Crippen molar-refractivity contribution in [2.24, 2.45) is 5.92 Å². The summed E-state index contributed by atoms with van der Waals surface area (Å²) in [5.74, 6) is 1.09. The molecule has 4 unspecified atom stereocenters. The second-order valence-corrected chi connectivity index (χ2v) is 10.7. The van der Waals surface area contributed by atoms with Crippen LogP contribution in [0.4, 0.5) is 4.79 Å². The summed E-state index contributed by atoms with van der Waals surface area (Å²) in [6, 6.07) is 25.4. The van der Waals surface area contributed by atoms with Crippen LogP contribution in [0.15, 0.2) is 78.9 Å². The van der Waals surface area contributed by atoms with Crippen molar-refractivity contribution in [1.82, 2.24) is 10.2 Å². The topological polar surface area (TPSA) is 121 Å². The predicted molar refractivity (Wildman–Crippen MR) is 160 cm³/mol. The fourth-order valence-electron chi connectivity index (χ4n) is 5.78. The number of likely N-dealkylation sites (tertiary alicyclic amines) is 1. The lowest BCUT2D eigenvalue weighted by Gasteiger charge is -2.41. The van der Waals surface area contributed by atoms with Crippen molar-refractivity contribution >= 4 is 6.09 Å². The number of methoxy groups -OCH3 is 2. The van der Waals surface area contributed by atoms with Crippen LogP contribution in [-0.2, 0) is 16.9 Å². The Morgan fingerprint density at radius 1 is 0.905 bits per heavy atom. The van der Waals surface area contributed by atoms with Gasteiger partial charge in [-0.05, 0) is 60.2 Å². The first kappa shape index (κ1) is 31.3. The SMILES string of the molecule is COc1ccc(COC(c2ccccc2)(c2ccc(OC)cc2)C2CN(C(O)CCCCCNC(=O)O)CC2O)cc1. The molecule has 1 saturated heterocycles. The van der Waals surface area contributed by atoms with Gasteiger partial charge in [0.2, 0.25) is 0 Å². The quantitative estimate of drug-likeness (QED) is 0.193. The molecule has 4 rings (SSSR count). The molecule has 4 N–H and O–H groups in total. The number of nitrogens with zero attached hydrogens (tertiary/aromatic N) is 1. The Labute approximate surface area is 247 Å².